The average molecular weight is 181 g/mol. The SMILES string of the molecule is Cc1c(C(=O)O)[nH]c2c1CCC2O. The average Bonchev–Trinajstić information content (AvgIpc) is 2.55. The van der Waals surface area contributed by atoms with Gasteiger partial charge in [-0.2, -0.15) is 0 Å². The second-order valence-corrected chi connectivity index (χ2v) is 3.38. The number of carboxylic acid groups (broad SMARTS) is 1. The Balaban J connectivity index is 2.55. The van der Waals surface area contributed by atoms with Crippen LogP contribution < -0.4 is 0 Å². The Bertz CT molecular complexity index is 367. The molecule has 0 spiro atoms. The van der Waals surface area contributed by atoms with Gasteiger partial charge in [-0.25, -0.2) is 4.79 Å². The van der Waals surface area contributed by atoms with E-state index in [1.807, 2.05) is 0 Å². The van der Waals surface area contributed by atoms with Crippen molar-refractivity contribution in [2.45, 2.75) is 25.9 Å². The molecule has 0 fully saturated rings. The van der Waals surface area contributed by atoms with Crippen molar-refractivity contribution in [2.75, 3.05) is 0 Å². The van der Waals surface area contributed by atoms with Crippen LogP contribution in [0.15, 0.2) is 0 Å². The highest BCUT2D eigenvalue weighted by Crippen LogP contribution is 2.33. The van der Waals surface area contributed by atoms with E-state index in [1.54, 1.807) is 6.92 Å². The molecule has 2 rings (SSSR count). The van der Waals surface area contributed by atoms with Gasteiger partial charge in [0, 0.05) is 5.69 Å². The Labute approximate surface area is 75.2 Å². The summed E-state index contributed by atoms with van der Waals surface area (Å²) in [5, 5.41) is 18.3. The molecule has 0 bridgehead atoms. The zero-order valence-electron chi connectivity index (χ0n) is 7.29. The maximum atomic E-state index is 10.7. The minimum Gasteiger partial charge on any atom is -0.477 e. The molecule has 0 aliphatic heterocycles. The Morgan fingerprint density at radius 3 is 2.85 bits per heavy atom. The van der Waals surface area contributed by atoms with E-state index in [-0.39, 0.29) is 5.69 Å². The van der Waals surface area contributed by atoms with Crippen molar-refractivity contribution in [1.29, 1.82) is 0 Å². The molecule has 0 radical (unpaired) electrons. The van der Waals surface area contributed by atoms with Gasteiger partial charge >= 0.3 is 5.97 Å². The predicted octanol–water partition coefficient (Wildman–Crippen LogP) is 1.00. The number of aliphatic hydroxyl groups excluding tert-OH is 1. The number of aliphatic hydroxyl groups is 1. The largest absolute Gasteiger partial charge is 0.477 e. The van der Waals surface area contributed by atoms with Gasteiger partial charge in [0.05, 0.1) is 6.10 Å². The lowest BCUT2D eigenvalue weighted by Gasteiger charge is -1.98. The van der Waals surface area contributed by atoms with E-state index in [0.29, 0.717) is 12.1 Å². The summed E-state index contributed by atoms with van der Waals surface area (Å²) in [7, 11) is 0. The molecule has 1 atom stereocenters. The zero-order chi connectivity index (χ0) is 9.59. The third-order valence-electron chi connectivity index (χ3n) is 2.63. The molecule has 13 heavy (non-hydrogen) atoms. The fourth-order valence-electron chi connectivity index (χ4n) is 1.90. The van der Waals surface area contributed by atoms with Crippen LogP contribution in [0.5, 0.6) is 0 Å². The molecule has 0 saturated carbocycles. The van der Waals surface area contributed by atoms with Crippen LogP contribution in [0.2, 0.25) is 0 Å². The first-order valence-corrected chi connectivity index (χ1v) is 4.24. The first-order chi connectivity index (χ1) is 6.11. The van der Waals surface area contributed by atoms with Gasteiger partial charge in [-0.3, -0.25) is 0 Å². The zero-order valence-corrected chi connectivity index (χ0v) is 7.29. The van der Waals surface area contributed by atoms with Gasteiger partial charge < -0.3 is 15.2 Å². The Morgan fingerprint density at radius 1 is 1.62 bits per heavy atom. The first kappa shape index (κ1) is 8.31. The summed E-state index contributed by atoms with van der Waals surface area (Å²) in [4.78, 5) is 13.5. The lowest BCUT2D eigenvalue weighted by atomic mass is 10.1. The molecule has 1 aromatic rings. The molecule has 0 saturated heterocycles. The Kier molecular flexibility index (Phi) is 1.66. The topological polar surface area (TPSA) is 73.3 Å². The van der Waals surface area contributed by atoms with Gasteiger partial charge in [0.15, 0.2) is 0 Å². The third kappa shape index (κ3) is 1.06. The number of rotatable bonds is 1. The van der Waals surface area contributed by atoms with E-state index in [9.17, 15) is 9.90 Å². The number of hydrogen-bond acceptors (Lipinski definition) is 2. The van der Waals surface area contributed by atoms with Crippen LogP contribution in [0.3, 0.4) is 0 Å². The standard InChI is InChI=1S/C9H11NO3/c1-4-5-2-3-6(11)8(5)10-7(4)9(12)13/h6,10-11H,2-3H2,1H3,(H,12,13). The van der Waals surface area contributed by atoms with E-state index in [0.717, 1.165) is 17.5 Å². The second kappa shape index (κ2) is 2.60. The molecule has 1 aliphatic carbocycles. The lowest BCUT2D eigenvalue weighted by Crippen LogP contribution is -2.01. The van der Waals surface area contributed by atoms with Crippen LogP contribution >= 0.6 is 0 Å². The number of hydrogen-bond donors (Lipinski definition) is 3. The van der Waals surface area contributed by atoms with E-state index in [4.69, 9.17) is 5.11 Å². The molecule has 1 aliphatic rings. The van der Waals surface area contributed by atoms with Gasteiger partial charge in [-0.05, 0) is 30.9 Å². The summed E-state index contributed by atoms with van der Waals surface area (Å²) in [6.07, 6.45) is 0.954. The molecule has 3 N–H and O–H groups in total. The molecule has 4 heteroatoms. The van der Waals surface area contributed by atoms with Crippen molar-refractivity contribution in [3.63, 3.8) is 0 Å². The van der Waals surface area contributed by atoms with Crippen molar-refractivity contribution in [2.24, 2.45) is 0 Å². The van der Waals surface area contributed by atoms with E-state index < -0.39 is 12.1 Å². The molecular weight excluding hydrogens is 170 g/mol. The second-order valence-electron chi connectivity index (χ2n) is 3.38. The summed E-state index contributed by atoms with van der Waals surface area (Å²) >= 11 is 0. The highest BCUT2D eigenvalue weighted by molar-refractivity contribution is 5.88. The van der Waals surface area contributed by atoms with Crippen molar-refractivity contribution in [3.05, 3.63) is 22.5 Å². The summed E-state index contributed by atoms with van der Waals surface area (Å²) < 4.78 is 0. The molecule has 1 unspecified atom stereocenters. The molecule has 4 nitrogen and oxygen atoms in total. The monoisotopic (exact) mass is 181 g/mol. The number of carboxylic acids is 1. The van der Waals surface area contributed by atoms with E-state index in [1.165, 1.54) is 0 Å². The number of aromatic nitrogens is 1. The summed E-state index contributed by atoms with van der Waals surface area (Å²) in [6, 6.07) is 0. The fourth-order valence-corrected chi connectivity index (χ4v) is 1.90. The van der Waals surface area contributed by atoms with Crippen LogP contribution in [-0.4, -0.2) is 21.2 Å². The Morgan fingerprint density at radius 2 is 2.31 bits per heavy atom. The smallest absolute Gasteiger partial charge is 0.352 e. The number of H-pyrrole nitrogens is 1. The van der Waals surface area contributed by atoms with Gasteiger partial charge in [0.2, 0.25) is 0 Å². The highest BCUT2D eigenvalue weighted by atomic mass is 16.4. The number of aromatic amines is 1. The number of aromatic carboxylic acids is 1. The van der Waals surface area contributed by atoms with Gasteiger partial charge in [0.25, 0.3) is 0 Å². The van der Waals surface area contributed by atoms with Gasteiger partial charge in [0.1, 0.15) is 5.69 Å². The molecular formula is C9H11NO3. The lowest BCUT2D eigenvalue weighted by molar-refractivity contribution is 0.0689. The molecule has 1 heterocycles. The van der Waals surface area contributed by atoms with Crippen LogP contribution in [0.1, 0.15) is 39.8 Å². The molecule has 70 valence electrons. The normalized spacial score (nSPS) is 20.3. The predicted molar refractivity (Wildman–Crippen MR) is 45.8 cm³/mol. The quantitative estimate of drug-likeness (QED) is 0.605. The van der Waals surface area contributed by atoms with Gasteiger partial charge in [-0.1, -0.05) is 0 Å². The van der Waals surface area contributed by atoms with Crippen LogP contribution in [-0.2, 0) is 6.42 Å². The third-order valence-corrected chi connectivity index (χ3v) is 2.63. The van der Waals surface area contributed by atoms with Crippen molar-refractivity contribution in [3.8, 4) is 0 Å². The minimum atomic E-state index is -0.959. The van der Waals surface area contributed by atoms with Crippen LogP contribution in [0, 0.1) is 6.92 Å². The maximum absolute atomic E-state index is 10.7. The van der Waals surface area contributed by atoms with Crippen LogP contribution in [0.4, 0.5) is 0 Å². The summed E-state index contributed by atoms with van der Waals surface area (Å²) in [5.41, 5.74) is 2.64. The van der Waals surface area contributed by atoms with E-state index >= 15 is 0 Å². The number of nitrogens with one attached hydrogen (secondary N) is 1. The van der Waals surface area contributed by atoms with Crippen molar-refractivity contribution in [1.82, 2.24) is 4.98 Å². The Hall–Kier alpha value is -1.29. The molecule has 0 amide bonds. The minimum absolute atomic E-state index is 0.212. The summed E-state index contributed by atoms with van der Waals surface area (Å²) in [6.45, 7) is 1.77. The molecule has 1 aromatic heterocycles. The maximum Gasteiger partial charge on any atom is 0.352 e. The van der Waals surface area contributed by atoms with Crippen molar-refractivity contribution < 1.29 is 15.0 Å². The van der Waals surface area contributed by atoms with Crippen LogP contribution in [0.25, 0.3) is 0 Å². The van der Waals surface area contributed by atoms with Crippen molar-refractivity contribution >= 4 is 5.97 Å². The summed E-state index contributed by atoms with van der Waals surface area (Å²) in [5.74, 6) is -0.959. The number of fused-ring (bicyclic) bond motifs is 1. The highest BCUT2D eigenvalue weighted by Gasteiger charge is 2.27. The first-order valence-electron chi connectivity index (χ1n) is 4.24. The number of carbonyl (C=O) groups is 1. The van der Waals surface area contributed by atoms with Gasteiger partial charge in [-0.15, -0.1) is 0 Å². The molecule has 0 aromatic carbocycles. The fraction of sp³-hybridized carbons (Fsp3) is 0.444. The van der Waals surface area contributed by atoms with E-state index in [2.05, 4.69) is 4.98 Å².